The van der Waals surface area contributed by atoms with E-state index in [2.05, 4.69) is 0 Å². The van der Waals surface area contributed by atoms with Crippen LogP contribution in [0.1, 0.15) is 18.9 Å². The molecule has 1 aromatic carbocycles. The van der Waals surface area contributed by atoms with Crippen molar-refractivity contribution in [2.45, 2.75) is 25.9 Å². The van der Waals surface area contributed by atoms with Crippen LogP contribution in [0.3, 0.4) is 0 Å². The summed E-state index contributed by atoms with van der Waals surface area (Å²) >= 11 is 5.91. The van der Waals surface area contributed by atoms with E-state index in [-0.39, 0.29) is 28.8 Å². The van der Waals surface area contributed by atoms with Gasteiger partial charge in [-0.15, -0.1) is 0 Å². The summed E-state index contributed by atoms with van der Waals surface area (Å²) in [6.45, 7) is 2.87. The third-order valence-electron chi connectivity index (χ3n) is 3.65. The summed E-state index contributed by atoms with van der Waals surface area (Å²) in [4.78, 5) is 13.8. The van der Waals surface area contributed by atoms with Crippen molar-refractivity contribution in [2.75, 3.05) is 13.1 Å². The first kappa shape index (κ1) is 14.3. The van der Waals surface area contributed by atoms with Gasteiger partial charge in [-0.1, -0.05) is 17.7 Å². The molecule has 1 saturated heterocycles. The number of halogens is 2. The van der Waals surface area contributed by atoms with Gasteiger partial charge in [0.05, 0.1) is 12.5 Å². The summed E-state index contributed by atoms with van der Waals surface area (Å²) in [6, 6.07) is 4.40. The average molecular weight is 286 g/mol. The predicted molar refractivity (Wildman–Crippen MR) is 71.5 cm³/mol. The number of nitrogens with zero attached hydrogens (tertiary/aromatic N) is 1. The van der Waals surface area contributed by atoms with E-state index < -0.39 is 11.9 Å². The van der Waals surface area contributed by atoms with Crippen LogP contribution in [0.5, 0.6) is 0 Å². The van der Waals surface area contributed by atoms with Crippen LogP contribution in [-0.4, -0.2) is 35.1 Å². The van der Waals surface area contributed by atoms with Gasteiger partial charge in [0.25, 0.3) is 0 Å². The molecule has 2 atom stereocenters. The Hall–Kier alpha value is -1.13. The summed E-state index contributed by atoms with van der Waals surface area (Å²) in [5, 5.41) is 9.79. The van der Waals surface area contributed by atoms with Crippen LogP contribution in [0.15, 0.2) is 18.2 Å². The quantitative estimate of drug-likeness (QED) is 0.925. The summed E-state index contributed by atoms with van der Waals surface area (Å²) in [5.41, 5.74) is 0.245. The van der Waals surface area contributed by atoms with Crippen molar-refractivity contribution in [3.05, 3.63) is 34.6 Å². The highest BCUT2D eigenvalue weighted by atomic mass is 35.5. The summed E-state index contributed by atoms with van der Waals surface area (Å²) in [6.07, 6.45) is 0.335. The van der Waals surface area contributed by atoms with Gasteiger partial charge in [0, 0.05) is 29.6 Å². The molecule has 0 saturated carbocycles. The molecule has 2 rings (SSSR count). The van der Waals surface area contributed by atoms with Gasteiger partial charge in [-0.25, -0.2) is 4.39 Å². The van der Waals surface area contributed by atoms with Crippen LogP contribution in [0.4, 0.5) is 4.39 Å². The highest BCUT2D eigenvalue weighted by Gasteiger charge is 2.29. The van der Waals surface area contributed by atoms with Gasteiger partial charge in [-0.2, -0.15) is 0 Å². The standard InChI is InChI=1S/C14H17ClFNO2/c1-9(18)10-5-6-17(8-10)14(19)7-11-12(15)3-2-4-13(11)16/h2-4,9-10,18H,5-8H2,1H3. The van der Waals surface area contributed by atoms with E-state index in [1.165, 1.54) is 12.1 Å². The molecule has 2 unspecified atom stereocenters. The molecule has 1 amide bonds. The SMILES string of the molecule is CC(O)C1CCN(C(=O)Cc2c(F)cccc2Cl)C1. The molecule has 5 heteroatoms. The van der Waals surface area contributed by atoms with E-state index in [1.54, 1.807) is 17.9 Å². The van der Waals surface area contributed by atoms with Crippen LogP contribution < -0.4 is 0 Å². The minimum absolute atomic E-state index is 0.0297. The van der Waals surface area contributed by atoms with Crippen LogP contribution in [0, 0.1) is 11.7 Å². The van der Waals surface area contributed by atoms with Crippen molar-refractivity contribution in [2.24, 2.45) is 5.92 Å². The number of carbonyl (C=O) groups is 1. The molecule has 0 radical (unpaired) electrons. The zero-order valence-corrected chi connectivity index (χ0v) is 11.5. The number of hydrogen-bond acceptors (Lipinski definition) is 2. The number of hydrogen-bond donors (Lipinski definition) is 1. The Bertz CT molecular complexity index is 458. The van der Waals surface area contributed by atoms with Gasteiger partial charge in [0.1, 0.15) is 5.82 Å². The maximum atomic E-state index is 13.6. The van der Waals surface area contributed by atoms with Crippen molar-refractivity contribution >= 4 is 17.5 Å². The van der Waals surface area contributed by atoms with E-state index in [1.807, 2.05) is 0 Å². The molecule has 1 N–H and O–H groups in total. The molecule has 19 heavy (non-hydrogen) atoms. The number of carbonyl (C=O) groups excluding carboxylic acids is 1. The van der Waals surface area contributed by atoms with Crippen molar-refractivity contribution < 1.29 is 14.3 Å². The third kappa shape index (κ3) is 3.25. The zero-order chi connectivity index (χ0) is 14.0. The molecule has 0 bridgehead atoms. The number of aliphatic hydroxyl groups is 1. The molecule has 1 aromatic rings. The molecule has 104 valence electrons. The van der Waals surface area contributed by atoms with Crippen molar-refractivity contribution in [3.8, 4) is 0 Å². The van der Waals surface area contributed by atoms with Crippen LogP contribution in [-0.2, 0) is 11.2 Å². The lowest BCUT2D eigenvalue weighted by Crippen LogP contribution is -2.31. The fourth-order valence-electron chi connectivity index (χ4n) is 2.37. The Kier molecular flexibility index (Phi) is 4.42. The highest BCUT2D eigenvalue weighted by molar-refractivity contribution is 6.31. The van der Waals surface area contributed by atoms with E-state index in [9.17, 15) is 14.3 Å². The fourth-order valence-corrected chi connectivity index (χ4v) is 2.60. The monoisotopic (exact) mass is 285 g/mol. The van der Waals surface area contributed by atoms with Gasteiger partial charge < -0.3 is 10.0 Å². The number of amides is 1. The van der Waals surface area contributed by atoms with Gasteiger partial charge in [-0.05, 0) is 25.5 Å². The summed E-state index contributed by atoms with van der Waals surface area (Å²) in [5.74, 6) is -0.484. The van der Waals surface area contributed by atoms with Crippen LogP contribution in [0.25, 0.3) is 0 Å². The second-order valence-electron chi connectivity index (χ2n) is 5.01. The first-order valence-corrected chi connectivity index (χ1v) is 6.75. The Morgan fingerprint density at radius 3 is 2.95 bits per heavy atom. The molecule has 1 aliphatic rings. The summed E-state index contributed by atoms with van der Waals surface area (Å²) in [7, 11) is 0. The topological polar surface area (TPSA) is 40.5 Å². The van der Waals surface area contributed by atoms with Gasteiger partial charge in [-0.3, -0.25) is 4.79 Å². The Morgan fingerprint density at radius 1 is 1.63 bits per heavy atom. The number of likely N-dealkylation sites (tertiary alicyclic amines) is 1. The minimum atomic E-state index is -0.452. The normalized spacial score (nSPS) is 20.6. The molecular weight excluding hydrogens is 269 g/mol. The lowest BCUT2D eigenvalue weighted by atomic mass is 10.0. The van der Waals surface area contributed by atoms with E-state index in [0.29, 0.717) is 13.1 Å². The average Bonchev–Trinajstić information content (AvgIpc) is 2.83. The maximum Gasteiger partial charge on any atom is 0.227 e. The Labute approximate surface area is 117 Å². The maximum absolute atomic E-state index is 13.6. The Morgan fingerprint density at radius 2 is 2.37 bits per heavy atom. The highest BCUT2D eigenvalue weighted by Crippen LogP contribution is 2.23. The fraction of sp³-hybridized carbons (Fsp3) is 0.500. The molecule has 0 aliphatic carbocycles. The second kappa shape index (κ2) is 5.88. The van der Waals surface area contributed by atoms with E-state index in [0.717, 1.165) is 6.42 Å². The van der Waals surface area contributed by atoms with Gasteiger partial charge >= 0.3 is 0 Å². The molecule has 1 fully saturated rings. The molecule has 0 spiro atoms. The minimum Gasteiger partial charge on any atom is -0.393 e. The van der Waals surface area contributed by atoms with Crippen LogP contribution >= 0.6 is 11.6 Å². The van der Waals surface area contributed by atoms with Crippen molar-refractivity contribution in [1.29, 1.82) is 0 Å². The van der Waals surface area contributed by atoms with Gasteiger partial charge in [0.15, 0.2) is 0 Å². The van der Waals surface area contributed by atoms with E-state index >= 15 is 0 Å². The van der Waals surface area contributed by atoms with Crippen LogP contribution in [0.2, 0.25) is 5.02 Å². The Balaban J connectivity index is 2.02. The smallest absolute Gasteiger partial charge is 0.227 e. The molecule has 0 aromatic heterocycles. The molecule has 3 nitrogen and oxygen atoms in total. The third-order valence-corrected chi connectivity index (χ3v) is 4.00. The van der Waals surface area contributed by atoms with E-state index in [4.69, 9.17) is 11.6 Å². The lowest BCUT2D eigenvalue weighted by Gasteiger charge is -2.18. The molecular formula is C14H17ClFNO2. The largest absolute Gasteiger partial charge is 0.393 e. The first-order chi connectivity index (χ1) is 8.99. The number of benzene rings is 1. The second-order valence-corrected chi connectivity index (χ2v) is 5.41. The van der Waals surface area contributed by atoms with Crippen molar-refractivity contribution in [3.63, 3.8) is 0 Å². The molecule has 1 heterocycles. The van der Waals surface area contributed by atoms with Gasteiger partial charge in [0.2, 0.25) is 5.91 Å². The summed E-state index contributed by atoms with van der Waals surface area (Å²) < 4.78 is 13.6. The van der Waals surface area contributed by atoms with Crippen molar-refractivity contribution in [1.82, 2.24) is 4.90 Å². The number of rotatable bonds is 3. The molecule has 1 aliphatic heterocycles. The first-order valence-electron chi connectivity index (χ1n) is 6.37. The lowest BCUT2D eigenvalue weighted by molar-refractivity contribution is -0.129. The zero-order valence-electron chi connectivity index (χ0n) is 10.8. The predicted octanol–water partition coefficient (Wildman–Crippen LogP) is 2.25. The number of aliphatic hydroxyl groups excluding tert-OH is 1.